The van der Waals surface area contributed by atoms with Crippen LogP contribution >= 0.6 is 0 Å². The first-order valence-corrected chi connectivity index (χ1v) is 7.38. The van der Waals surface area contributed by atoms with E-state index in [-0.39, 0.29) is 12.2 Å². The fourth-order valence-electron chi connectivity index (χ4n) is 2.20. The van der Waals surface area contributed by atoms with Crippen LogP contribution in [0.4, 0.5) is 4.79 Å². The monoisotopic (exact) mass is 309 g/mol. The van der Waals surface area contributed by atoms with Gasteiger partial charge in [-0.1, -0.05) is 0 Å². The number of nitrogens with zero attached hydrogens (tertiary/aromatic N) is 3. The Hall–Kier alpha value is -2.05. The van der Waals surface area contributed by atoms with Gasteiger partial charge in [-0.05, 0) is 33.6 Å². The third kappa shape index (κ3) is 4.75. The Bertz CT molecular complexity index is 516. The number of amides is 1. The zero-order chi connectivity index (χ0) is 16.2. The smallest absolute Gasteiger partial charge is 0.410 e. The molecule has 0 spiro atoms. The first kappa shape index (κ1) is 16.3. The number of piperidine rings is 1. The number of methoxy groups -OCH3 is 1. The summed E-state index contributed by atoms with van der Waals surface area (Å²) in [4.78, 5) is 21.8. The van der Waals surface area contributed by atoms with Crippen LogP contribution in [0.1, 0.15) is 33.6 Å². The molecule has 1 aliphatic rings. The number of carbonyl (C=O) groups excluding carboxylic acids is 1. The van der Waals surface area contributed by atoms with Crippen LogP contribution in [0.2, 0.25) is 0 Å². The van der Waals surface area contributed by atoms with Crippen LogP contribution in [0.25, 0.3) is 0 Å². The minimum atomic E-state index is -0.495. The van der Waals surface area contributed by atoms with Crippen molar-refractivity contribution >= 4 is 6.09 Å². The van der Waals surface area contributed by atoms with Crippen LogP contribution in [0.15, 0.2) is 12.4 Å². The molecule has 1 aliphatic heterocycles. The standard InChI is InChI=1S/C15H23N3O4/c1-15(2,3)22-14(19)18-7-5-6-11(9-18)21-13-8-12(20-4)16-10-17-13/h8,10-11H,5-7,9H2,1-4H3/t11-/m1/s1. The molecule has 0 radical (unpaired) electrons. The highest BCUT2D eigenvalue weighted by molar-refractivity contribution is 5.68. The molecule has 0 aromatic carbocycles. The summed E-state index contributed by atoms with van der Waals surface area (Å²) >= 11 is 0. The van der Waals surface area contributed by atoms with Crippen molar-refractivity contribution < 1.29 is 19.0 Å². The minimum absolute atomic E-state index is 0.110. The molecular weight excluding hydrogens is 286 g/mol. The lowest BCUT2D eigenvalue weighted by atomic mass is 10.1. The number of ether oxygens (including phenoxy) is 3. The molecule has 0 N–H and O–H groups in total. The zero-order valence-corrected chi connectivity index (χ0v) is 13.5. The molecule has 2 rings (SSSR count). The van der Waals surface area contributed by atoms with Crippen molar-refractivity contribution in [1.29, 1.82) is 0 Å². The van der Waals surface area contributed by atoms with E-state index < -0.39 is 5.60 Å². The summed E-state index contributed by atoms with van der Waals surface area (Å²) in [5.74, 6) is 0.896. The Kier molecular flexibility index (Phi) is 5.05. The maximum absolute atomic E-state index is 12.1. The second-order valence-electron chi connectivity index (χ2n) is 6.21. The molecule has 122 valence electrons. The van der Waals surface area contributed by atoms with Gasteiger partial charge in [0.25, 0.3) is 0 Å². The van der Waals surface area contributed by atoms with Crippen LogP contribution in [0.5, 0.6) is 11.8 Å². The zero-order valence-electron chi connectivity index (χ0n) is 13.5. The van der Waals surface area contributed by atoms with E-state index in [1.807, 2.05) is 20.8 Å². The number of aromatic nitrogens is 2. The number of hydrogen-bond donors (Lipinski definition) is 0. The Morgan fingerprint density at radius 3 is 2.73 bits per heavy atom. The summed E-state index contributed by atoms with van der Waals surface area (Å²) in [6.07, 6.45) is 2.71. The van der Waals surface area contributed by atoms with Crippen LogP contribution in [-0.4, -0.2) is 52.9 Å². The Morgan fingerprint density at radius 2 is 2.05 bits per heavy atom. The lowest BCUT2D eigenvalue weighted by Crippen LogP contribution is -2.46. The molecule has 7 heteroatoms. The van der Waals surface area contributed by atoms with E-state index in [0.29, 0.717) is 24.8 Å². The largest absolute Gasteiger partial charge is 0.481 e. The number of likely N-dealkylation sites (tertiary alicyclic amines) is 1. The van der Waals surface area contributed by atoms with Crippen LogP contribution in [0.3, 0.4) is 0 Å². The van der Waals surface area contributed by atoms with Crippen LogP contribution in [0, 0.1) is 0 Å². The normalized spacial score (nSPS) is 18.7. The molecule has 0 saturated carbocycles. The quantitative estimate of drug-likeness (QED) is 0.852. The van der Waals surface area contributed by atoms with E-state index in [2.05, 4.69) is 9.97 Å². The van der Waals surface area contributed by atoms with E-state index in [1.165, 1.54) is 13.4 Å². The van der Waals surface area contributed by atoms with Gasteiger partial charge in [0.2, 0.25) is 11.8 Å². The minimum Gasteiger partial charge on any atom is -0.481 e. The first-order valence-electron chi connectivity index (χ1n) is 7.38. The molecule has 0 unspecified atom stereocenters. The summed E-state index contributed by atoms with van der Waals surface area (Å²) in [6.45, 7) is 6.74. The summed E-state index contributed by atoms with van der Waals surface area (Å²) in [5.41, 5.74) is -0.495. The maximum Gasteiger partial charge on any atom is 0.410 e. The van der Waals surface area contributed by atoms with Gasteiger partial charge in [-0.2, -0.15) is 0 Å². The fraction of sp³-hybridized carbons (Fsp3) is 0.667. The number of carbonyl (C=O) groups is 1. The van der Waals surface area contributed by atoms with Crippen molar-refractivity contribution in [3.63, 3.8) is 0 Å². The van der Waals surface area contributed by atoms with Crippen molar-refractivity contribution in [1.82, 2.24) is 14.9 Å². The van der Waals surface area contributed by atoms with Crippen molar-refractivity contribution in [3.05, 3.63) is 12.4 Å². The number of hydrogen-bond acceptors (Lipinski definition) is 6. The third-order valence-corrected chi connectivity index (χ3v) is 3.14. The summed E-state index contributed by atoms with van der Waals surface area (Å²) in [5, 5.41) is 0. The lowest BCUT2D eigenvalue weighted by Gasteiger charge is -2.33. The molecule has 1 fully saturated rings. The summed E-state index contributed by atoms with van der Waals surface area (Å²) in [6, 6.07) is 1.63. The summed E-state index contributed by atoms with van der Waals surface area (Å²) < 4.78 is 16.3. The Labute approximate surface area is 130 Å². The molecular formula is C15H23N3O4. The molecule has 22 heavy (non-hydrogen) atoms. The molecule has 0 aliphatic carbocycles. The van der Waals surface area contributed by atoms with Crippen molar-refractivity contribution in [2.45, 2.75) is 45.3 Å². The van der Waals surface area contributed by atoms with Gasteiger partial charge in [0.1, 0.15) is 18.0 Å². The highest BCUT2D eigenvalue weighted by atomic mass is 16.6. The predicted molar refractivity (Wildman–Crippen MR) is 80.0 cm³/mol. The van der Waals surface area contributed by atoms with Gasteiger partial charge in [0.15, 0.2) is 0 Å². The summed E-state index contributed by atoms with van der Waals surface area (Å²) in [7, 11) is 1.54. The average molecular weight is 309 g/mol. The van der Waals surface area contributed by atoms with Gasteiger partial charge >= 0.3 is 6.09 Å². The maximum atomic E-state index is 12.1. The Morgan fingerprint density at radius 1 is 1.32 bits per heavy atom. The Balaban J connectivity index is 1.94. The van der Waals surface area contributed by atoms with Crippen LogP contribution < -0.4 is 9.47 Å². The van der Waals surface area contributed by atoms with Gasteiger partial charge in [-0.15, -0.1) is 0 Å². The van der Waals surface area contributed by atoms with E-state index in [4.69, 9.17) is 14.2 Å². The molecule has 0 bridgehead atoms. The predicted octanol–water partition coefficient (Wildman–Crippen LogP) is 2.26. The second-order valence-corrected chi connectivity index (χ2v) is 6.21. The number of rotatable bonds is 3. The van der Waals surface area contributed by atoms with Crippen molar-refractivity contribution in [2.75, 3.05) is 20.2 Å². The second kappa shape index (κ2) is 6.81. The third-order valence-electron chi connectivity index (χ3n) is 3.14. The van der Waals surface area contributed by atoms with Gasteiger partial charge in [-0.3, -0.25) is 0 Å². The molecule has 1 amide bonds. The van der Waals surface area contributed by atoms with Gasteiger partial charge in [-0.25, -0.2) is 14.8 Å². The molecule has 1 aromatic heterocycles. The topological polar surface area (TPSA) is 73.8 Å². The average Bonchev–Trinajstić information content (AvgIpc) is 2.46. The fourth-order valence-corrected chi connectivity index (χ4v) is 2.20. The molecule has 1 atom stereocenters. The van der Waals surface area contributed by atoms with Crippen molar-refractivity contribution in [3.8, 4) is 11.8 Å². The van der Waals surface area contributed by atoms with E-state index in [0.717, 1.165) is 12.8 Å². The van der Waals surface area contributed by atoms with Gasteiger partial charge in [0.05, 0.1) is 19.7 Å². The van der Waals surface area contributed by atoms with E-state index in [9.17, 15) is 4.79 Å². The van der Waals surface area contributed by atoms with Gasteiger partial charge in [0, 0.05) is 6.54 Å². The van der Waals surface area contributed by atoms with E-state index in [1.54, 1.807) is 11.0 Å². The van der Waals surface area contributed by atoms with Crippen molar-refractivity contribution in [2.24, 2.45) is 0 Å². The first-order chi connectivity index (χ1) is 10.4. The van der Waals surface area contributed by atoms with Crippen LogP contribution in [-0.2, 0) is 4.74 Å². The highest BCUT2D eigenvalue weighted by Gasteiger charge is 2.28. The van der Waals surface area contributed by atoms with Gasteiger partial charge < -0.3 is 19.1 Å². The highest BCUT2D eigenvalue weighted by Crippen LogP contribution is 2.20. The lowest BCUT2D eigenvalue weighted by molar-refractivity contribution is 0.00716. The van der Waals surface area contributed by atoms with E-state index >= 15 is 0 Å². The molecule has 2 heterocycles. The molecule has 1 aromatic rings. The molecule has 1 saturated heterocycles. The SMILES string of the molecule is COc1cc(O[C@@H]2CCCN(C(=O)OC(C)(C)C)C2)ncn1. The molecule has 7 nitrogen and oxygen atoms in total.